The molecule has 0 spiro atoms. The van der Waals surface area contributed by atoms with Crippen molar-refractivity contribution < 1.29 is 29.3 Å². The molecular formula is C22H24N4O6S. The Morgan fingerprint density at radius 2 is 2.00 bits per heavy atom. The summed E-state index contributed by atoms with van der Waals surface area (Å²) in [6.45, 7) is 4.01. The van der Waals surface area contributed by atoms with Crippen molar-refractivity contribution in [3.63, 3.8) is 0 Å². The SMILES string of the molecule is COc1ccc2c(OC3CC(C(=O)O)N(C(=O)O)C3)cc(-c3csc(NC(C)C)n3)nc2c1. The van der Waals surface area contributed by atoms with E-state index < -0.39 is 24.2 Å². The quantitative estimate of drug-likeness (QED) is 0.470. The molecule has 2 unspecified atom stereocenters. The Kier molecular flexibility index (Phi) is 6.23. The standard InChI is InChI=1S/C22H24N4O6S/c1-11(2)23-21-25-17(10-33-21)16-8-19(14-5-4-12(31-3)6-15(14)24-16)32-13-7-18(20(27)28)26(9-13)22(29)30/h4-6,8,10-11,13,18H,7,9H2,1-3H3,(H,23,25)(H,27,28)(H,29,30). The Hall–Kier alpha value is -3.60. The number of aliphatic carboxylic acids is 1. The number of rotatable bonds is 7. The van der Waals surface area contributed by atoms with Crippen molar-refractivity contribution in [2.75, 3.05) is 19.0 Å². The summed E-state index contributed by atoms with van der Waals surface area (Å²) in [6, 6.07) is 6.21. The van der Waals surface area contributed by atoms with E-state index in [0.717, 1.165) is 10.0 Å². The molecule has 3 heterocycles. The van der Waals surface area contributed by atoms with Crippen LogP contribution in [0.15, 0.2) is 29.6 Å². The maximum atomic E-state index is 11.5. The molecule has 33 heavy (non-hydrogen) atoms. The predicted molar refractivity (Wildman–Crippen MR) is 123 cm³/mol. The Balaban J connectivity index is 1.71. The summed E-state index contributed by atoms with van der Waals surface area (Å²) in [5.41, 5.74) is 1.87. The van der Waals surface area contributed by atoms with Crippen LogP contribution in [0.2, 0.25) is 0 Å². The number of thiazole rings is 1. The van der Waals surface area contributed by atoms with E-state index >= 15 is 0 Å². The molecule has 3 aromatic rings. The third-order valence-electron chi connectivity index (χ3n) is 5.24. The monoisotopic (exact) mass is 472 g/mol. The second kappa shape index (κ2) is 9.10. The first-order chi connectivity index (χ1) is 15.7. The number of pyridine rings is 1. The number of anilines is 1. The van der Waals surface area contributed by atoms with Crippen molar-refractivity contribution in [1.82, 2.24) is 14.9 Å². The van der Waals surface area contributed by atoms with Crippen LogP contribution < -0.4 is 14.8 Å². The second-order valence-corrected chi connectivity index (χ2v) is 8.85. The number of hydrogen-bond acceptors (Lipinski definition) is 8. The maximum Gasteiger partial charge on any atom is 0.408 e. The molecule has 1 aliphatic rings. The molecule has 11 heteroatoms. The van der Waals surface area contributed by atoms with Crippen molar-refractivity contribution >= 4 is 39.4 Å². The molecule has 0 bridgehead atoms. The van der Waals surface area contributed by atoms with Gasteiger partial charge in [0.1, 0.15) is 29.3 Å². The molecule has 0 radical (unpaired) electrons. The minimum Gasteiger partial charge on any atom is -0.497 e. The van der Waals surface area contributed by atoms with Gasteiger partial charge in [0.15, 0.2) is 5.13 Å². The average molecular weight is 473 g/mol. The molecule has 2 atom stereocenters. The third kappa shape index (κ3) is 4.77. The molecule has 2 aromatic heterocycles. The number of carboxylic acid groups (broad SMARTS) is 2. The van der Waals surface area contributed by atoms with E-state index in [-0.39, 0.29) is 19.0 Å². The van der Waals surface area contributed by atoms with Crippen molar-refractivity contribution in [1.29, 1.82) is 0 Å². The molecule has 174 valence electrons. The van der Waals surface area contributed by atoms with E-state index in [4.69, 9.17) is 14.5 Å². The number of fused-ring (bicyclic) bond motifs is 1. The van der Waals surface area contributed by atoms with Crippen LogP contribution in [0.4, 0.5) is 9.93 Å². The molecule has 1 amide bonds. The number of amides is 1. The zero-order chi connectivity index (χ0) is 23.7. The number of benzene rings is 1. The minimum atomic E-state index is -1.29. The van der Waals surface area contributed by atoms with Gasteiger partial charge in [-0.15, -0.1) is 11.3 Å². The number of likely N-dealkylation sites (tertiary alicyclic amines) is 1. The number of nitrogens with one attached hydrogen (secondary N) is 1. The van der Waals surface area contributed by atoms with Crippen LogP contribution in [0.25, 0.3) is 22.3 Å². The highest BCUT2D eigenvalue weighted by molar-refractivity contribution is 7.14. The lowest BCUT2D eigenvalue weighted by molar-refractivity contribution is -0.141. The Labute approximate surface area is 193 Å². The van der Waals surface area contributed by atoms with E-state index in [1.165, 1.54) is 11.3 Å². The van der Waals surface area contributed by atoms with Crippen molar-refractivity contribution in [2.45, 2.75) is 38.5 Å². The van der Waals surface area contributed by atoms with Crippen LogP contribution in [-0.4, -0.2) is 69.0 Å². The fraction of sp³-hybridized carbons (Fsp3) is 0.364. The largest absolute Gasteiger partial charge is 0.497 e. The lowest BCUT2D eigenvalue weighted by atomic mass is 10.1. The molecule has 1 saturated heterocycles. The lowest BCUT2D eigenvalue weighted by Crippen LogP contribution is -2.39. The molecule has 0 saturated carbocycles. The van der Waals surface area contributed by atoms with Crippen LogP contribution in [-0.2, 0) is 4.79 Å². The lowest BCUT2D eigenvalue weighted by Gasteiger charge is -2.17. The van der Waals surface area contributed by atoms with Gasteiger partial charge in [0.25, 0.3) is 0 Å². The summed E-state index contributed by atoms with van der Waals surface area (Å²) in [6.07, 6.45) is -1.85. The minimum absolute atomic E-state index is 0.0409. The van der Waals surface area contributed by atoms with Gasteiger partial charge in [-0.3, -0.25) is 4.90 Å². The van der Waals surface area contributed by atoms with Crippen LogP contribution in [0.5, 0.6) is 11.5 Å². The molecule has 0 aliphatic carbocycles. The predicted octanol–water partition coefficient (Wildman–Crippen LogP) is 3.77. The van der Waals surface area contributed by atoms with Gasteiger partial charge in [0.2, 0.25) is 0 Å². The van der Waals surface area contributed by atoms with E-state index in [9.17, 15) is 19.8 Å². The molecule has 1 aliphatic heterocycles. The fourth-order valence-electron chi connectivity index (χ4n) is 3.74. The maximum absolute atomic E-state index is 11.5. The van der Waals surface area contributed by atoms with Gasteiger partial charge in [-0.25, -0.2) is 19.6 Å². The number of carbonyl (C=O) groups is 2. The topological polar surface area (TPSA) is 134 Å². The van der Waals surface area contributed by atoms with E-state index in [0.29, 0.717) is 33.8 Å². The van der Waals surface area contributed by atoms with Gasteiger partial charge in [-0.2, -0.15) is 0 Å². The van der Waals surface area contributed by atoms with Crippen molar-refractivity contribution in [3.8, 4) is 22.9 Å². The van der Waals surface area contributed by atoms with Crippen LogP contribution in [0.3, 0.4) is 0 Å². The van der Waals surface area contributed by atoms with Gasteiger partial charge in [0.05, 0.1) is 24.9 Å². The first kappa shape index (κ1) is 22.6. The first-order valence-electron chi connectivity index (χ1n) is 10.4. The summed E-state index contributed by atoms with van der Waals surface area (Å²) < 4.78 is 11.5. The molecule has 1 fully saturated rings. The summed E-state index contributed by atoms with van der Waals surface area (Å²) in [4.78, 5) is 33.2. The number of nitrogens with zero attached hydrogens (tertiary/aromatic N) is 3. The van der Waals surface area contributed by atoms with Crippen molar-refractivity contribution in [2.24, 2.45) is 0 Å². The highest BCUT2D eigenvalue weighted by atomic mass is 32.1. The highest BCUT2D eigenvalue weighted by Crippen LogP contribution is 2.35. The van der Waals surface area contributed by atoms with Crippen LogP contribution >= 0.6 is 11.3 Å². The normalized spacial score (nSPS) is 18.0. The smallest absolute Gasteiger partial charge is 0.408 e. The van der Waals surface area contributed by atoms with E-state index in [1.807, 2.05) is 25.3 Å². The van der Waals surface area contributed by atoms with Gasteiger partial charge in [-0.05, 0) is 26.0 Å². The van der Waals surface area contributed by atoms with Gasteiger partial charge >= 0.3 is 12.1 Å². The molecule has 3 N–H and O–H groups in total. The van der Waals surface area contributed by atoms with Crippen LogP contribution in [0.1, 0.15) is 20.3 Å². The number of ether oxygens (including phenoxy) is 2. The number of aromatic nitrogens is 2. The zero-order valence-electron chi connectivity index (χ0n) is 18.3. The second-order valence-electron chi connectivity index (χ2n) is 7.99. The summed E-state index contributed by atoms with van der Waals surface area (Å²) in [5.74, 6) is -0.0889. The number of hydrogen-bond donors (Lipinski definition) is 3. The first-order valence-corrected chi connectivity index (χ1v) is 11.2. The van der Waals surface area contributed by atoms with Gasteiger partial charge < -0.3 is 25.0 Å². The molecule has 4 rings (SSSR count). The summed E-state index contributed by atoms with van der Waals surface area (Å²) >= 11 is 1.47. The molecule has 10 nitrogen and oxygen atoms in total. The number of methoxy groups -OCH3 is 1. The fourth-order valence-corrected chi connectivity index (χ4v) is 4.60. The average Bonchev–Trinajstić information content (AvgIpc) is 3.40. The molecular weight excluding hydrogens is 448 g/mol. The van der Waals surface area contributed by atoms with Crippen LogP contribution in [0, 0.1) is 0 Å². The van der Waals surface area contributed by atoms with Crippen molar-refractivity contribution in [3.05, 3.63) is 29.6 Å². The zero-order valence-corrected chi connectivity index (χ0v) is 19.1. The number of carboxylic acids is 1. The van der Waals surface area contributed by atoms with E-state index in [1.54, 1.807) is 25.3 Å². The van der Waals surface area contributed by atoms with Gasteiger partial charge in [-0.1, -0.05) is 0 Å². The van der Waals surface area contributed by atoms with Gasteiger partial charge in [0, 0.05) is 35.4 Å². The summed E-state index contributed by atoms with van der Waals surface area (Å²) in [7, 11) is 1.57. The third-order valence-corrected chi connectivity index (χ3v) is 6.02. The Bertz CT molecular complexity index is 1170. The molecule has 1 aromatic carbocycles. The highest BCUT2D eigenvalue weighted by Gasteiger charge is 2.41. The Morgan fingerprint density at radius 1 is 1.21 bits per heavy atom. The van der Waals surface area contributed by atoms with E-state index in [2.05, 4.69) is 10.3 Å². The summed E-state index contributed by atoms with van der Waals surface area (Å²) in [5, 5.41) is 25.4. The Morgan fingerprint density at radius 3 is 2.64 bits per heavy atom.